The summed E-state index contributed by atoms with van der Waals surface area (Å²) in [6.45, 7) is -0.0335. The number of ether oxygens (including phenoxy) is 1. The van der Waals surface area contributed by atoms with Crippen molar-refractivity contribution in [2.45, 2.75) is 44.1 Å². The van der Waals surface area contributed by atoms with Gasteiger partial charge in [0.05, 0.1) is 25.2 Å². The molecule has 2 aromatic rings. The lowest BCUT2D eigenvalue weighted by atomic mass is 9.97. The van der Waals surface area contributed by atoms with Crippen LogP contribution in [0.5, 0.6) is 0 Å². The lowest BCUT2D eigenvalue weighted by Gasteiger charge is -2.35. The molecular formula is C22H26FN3O4. The molecule has 1 fully saturated rings. The minimum Gasteiger partial charge on any atom is -0.394 e. The predicted octanol–water partition coefficient (Wildman–Crippen LogP) is 2.56. The van der Waals surface area contributed by atoms with E-state index in [2.05, 4.69) is 16.0 Å². The molecule has 160 valence electrons. The maximum atomic E-state index is 13.2. The average molecular weight is 415 g/mol. The van der Waals surface area contributed by atoms with Crippen molar-refractivity contribution < 1.29 is 23.8 Å². The summed E-state index contributed by atoms with van der Waals surface area (Å²) in [7, 11) is 0. The number of hydrogen-bond acceptors (Lipinski definition) is 4. The number of urea groups is 1. The van der Waals surface area contributed by atoms with E-state index < -0.39 is 6.10 Å². The SMILES string of the molecule is O=C(C[C@H]1CC[C@@H](NC(=O)Nc2ccccc2)[C@@H](CO)O1)NCc1cccc(F)c1. The highest BCUT2D eigenvalue weighted by Gasteiger charge is 2.32. The van der Waals surface area contributed by atoms with Crippen molar-refractivity contribution in [1.29, 1.82) is 0 Å². The van der Waals surface area contributed by atoms with Crippen molar-refractivity contribution in [1.82, 2.24) is 10.6 Å². The molecule has 1 aliphatic heterocycles. The number of benzene rings is 2. The second kappa shape index (κ2) is 10.7. The number of para-hydroxylation sites is 1. The van der Waals surface area contributed by atoms with Crippen molar-refractivity contribution in [2.75, 3.05) is 11.9 Å². The van der Waals surface area contributed by atoms with Gasteiger partial charge in [0, 0.05) is 12.2 Å². The number of aliphatic hydroxyl groups excluding tert-OH is 1. The van der Waals surface area contributed by atoms with Gasteiger partial charge in [-0.3, -0.25) is 4.79 Å². The number of rotatable bonds is 7. The zero-order valence-corrected chi connectivity index (χ0v) is 16.5. The fourth-order valence-corrected chi connectivity index (χ4v) is 3.43. The summed E-state index contributed by atoms with van der Waals surface area (Å²) < 4.78 is 19.0. The van der Waals surface area contributed by atoms with Crippen molar-refractivity contribution >= 4 is 17.6 Å². The highest BCUT2D eigenvalue weighted by Crippen LogP contribution is 2.22. The number of carbonyl (C=O) groups excluding carboxylic acids is 2. The van der Waals surface area contributed by atoms with E-state index in [1.807, 2.05) is 18.2 Å². The van der Waals surface area contributed by atoms with Gasteiger partial charge in [-0.15, -0.1) is 0 Å². The van der Waals surface area contributed by atoms with Gasteiger partial charge in [0.25, 0.3) is 0 Å². The van der Waals surface area contributed by atoms with Crippen LogP contribution in [-0.4, -0.2) is 41.9 Å². The van der Waals surface area contributed by atoms with E-state index in [4.69, 9.17) is 4.74 Å². The minimum atomic E-state index is -0.596. The van der Waals surface area contributed by atoms with E-state index >= 15 is 0 Å². The lowest BCUT2D eigenvalue weighted by molar-refractivity contribution is -0.130. The van der Waals surface area contributed by atoms with Crippen molar-refractivity contribution in [2.24, 2.45) is 0 Å². The van der Waals surface area contributed by atoms with Crippen LogP contribution >= 0.6 is 0 Å². The van der Waals surface area contributed by atoms with E-state index in [0.717, 1.165) is 0 Å². The van der Waals surface area contributed by atoms with Crippen LogP contribution in [0.25, 0.3) is 0 Å². The van der Waals surface area contributed by atoms with Crippen LogP contribution in [0.1, 0.15) is 24.8 Å². The molecule has 1 saturated heterocycles. The zero-order chi connectivity index (χ0) is 21.3. The Morgan fingerprint density at radius 2 is 1.90 bits per heavy atom. The minimum absolute atomic E-state index is 0.134. The molecule has 8 heteroatoms. The molecule has 2 aromatic carbocycles. The first-order valence-electron chi connectivity index (χ1n) is 9.93. The fraction of sp³-hybridized carbons (Fsp3) is 0.364. The molecule has 30 heavy (non-hydrogen) atoms. The van der Waals surface area contributed by atoms with Gasteiger partial charge in [-0.05, 0) is 42.7 Å². The third-order valence-electron chi connectivity index (χ3n) is 4.94. The van der Waals surface area contributed by atoms with Crippen molar-refractivity contribution in [3.8, 4) is 0 Å². The van der Waals surface area contributed by atoms with Gasteiger partial charge < -0.3 is 25.8 Å². The van der Waals surface area contributed by atoms with Crippen LogP contribution in [0, 0.1) is 5.82 Å². The quantitative estimate of drug-likeness (QED) is 0.558. The maximum Gasteiger partial charge on any atom is 0.319 e. The van der Waals surface area contributed by atoms with Crippen molar-refractivity contribution in [3.05, 3.63) is 66.0 Å². The molecule has 0 bridgehead atoms. The standard InChI is InChI=1S/C22H26FN3O4/c23-16-6-4-5-15(11-16)13-24-21(28)12-18-9-10-19(20(14-27)30-18)26-22(29)25-17-7-2-1-3-8-17/h1-8,11,18-20,27H,9-10,12-14H2,(H,24,28)(H2,25,26,29)/t18-,19-,20-/m1/s1. The Balaban J connectivity index is 1.44. The van der Waals surface area contributed by atoms with Crippen LogP contribution in [0.2, 0.25) is 0 Å². The first kappa shape index (κ1) is 21.7. The van der Waals surface area contributed by atoms with Crippen molar-refractivity contribution in [3.63, 3.8) is 0 Å². The smallest absolute Gasteiger partial charge is 0.319 e. The summed E-state index contributed by atoms with van der Waals surface area (Å²) in [6.07, 6.45) is 0.329. The van der Waals surface area contributed by atoms with E-state index in [0.29, 0.717) is 24.1 Å². The molecule has 3 atom stereocenters. The molecule has 0 saturated carbocycles. The third kappa shape index (κ3) is 6.53. The first-order chi connectivity index (χ1) is 14.5. The molecule has 4 N–H and O–H groups in total. The molecule has 0 unspecified atom stereocenters. The molecule has 0 radical (unpaired) electrons. The number of amides is 3. The Morgan fingerprint density at radius 1 is 1.10 bits per heavy atom. The van der Waals surface area contributed by atoms with Crippen LogP contribution in [-0.2, 0) is 16.1 Å². The molecule has 0 aliphatic carbocycles. The summed E-state index contributed by atoms with van der Waals surface area (Å²) in [5.74, 6) is -0.563. The normalized spacial score (nSPS) is 20.9. The Morgan fingerprint density at radius 3 is 2.63 bits per heavy atom. The predicted molar refractivity (Wildman–Crippen MR) is 110 cm³/mol. The second-order valence-corrected chi connectivity index (χ2v) is 7.24. The van der Waals surface area contributed by atoms with E-state index in [9.17, 15) is 19.1 Å². The first-order valence-corrected chi connectivity index (χ1v) is 9.93. The molecule has 0 aromatic heterocycles. The van der Waals surface area contributed by atoms with Gasteiger partial charge in [0.2, 0.25) is 5.91 Å². The van der Waals surface area contributed by atoms with Gasteiger partial charge in [-0.1, -0.05) is 30.3 Å². The van der Waals surface area contributed by atoms with Gasteiger partial charge in [0.15, 0.2) is 0 Å². The van der Waals surface area contributed by atoms with E-state index in [-0.39, 0.29) is 49.5 Å². The summed E-state index contributed by atoms with van der Waals surface area (Å²) in [4.78, 5) is 24.4. The Kier molecular flexibility index (Phi) is 7.75. The average Bonchev–Trinajstić information content (AvgIpc) is 2.74. The maximum absolute atomic E-state index is 13.2. The monoisotopic (exact) mass is 415 g/mol. The molecule has 0 spiro atoms. The van der Waals surface area contributed by atoms with Gasteiger partial charge >= 0.3 is 6.03 Å². The largest absolute Gasteiger partial charge is 0.394 e. The van der Waals surface area contributed by atoms with Crippen LogP contribution in [0.3, 0.4) is 0 Å². The number of halogens is 1. The van der Waals surface area contributed by atoms with Crippen LogP contribution in [0.4, 0.5) is 14.9 Å². The summed E-state index contributed by atoms with van der Waals surface area (Å²) in [5.41, 5.74) is 1.34. The Hall–Kier alpha value is -2.97. The third-order valence-corrected chi connectivity index (χ3v) is 4.94. The number of hydrogen-bond donors (Lipinski definition) is 4. The molecule has 3 rings (SSSR count). The molecule has 3 amide bonds. The summed E-state index contributed by atoms with van der Waals surface area (Å²) in [5, 5.41) is 18.0. The molecule has 1 heterocycles. The Bertz CT molecular complexity index is 849. The van der Waals surface area contributed by atoms with E-state index in [1.165, 1.54) is 12.1 Å². The fourth-order valence-electron chi connectivity index (χ4n) is 3.43. The van der Waals surface area contributed by atoms with Crippen LogP contribution < -0.4 is 16.0 Å². The van der Waals surface area contributed by atoms with Gasteiger partial charge in [-0.25, -0.2) is 9.18 Å². The van der Waals surface area contributed by atoms with E-state index in [1.54, 1.807) is 24.3 Å². The number of aliphatic hydroxyl groups is 1. The van der Waals surface area contributed by atoms with Gasteiger partial charge in [-0.2, -0.15) is 0 Å². The Labute approximate surface area is 174 Å². The lowest BCUT2D eigenvalue weighted by Crippen LogP contribution is -2.52. The summed E-state index contributed by atoms with van der Waals surface area (Å²) in [6, 6.07) is 14.4. The van der Waals surface area contributed by atoms with Gasteiger partial charge in [0.1, 0.15) is 11.9 Å². The number of nitrogens with one attached hydrogen (secondary N) is 3. The highest BCUT2D eigenvalue weighted by atomic mass is 19.1. The highest BCUT2D eigenvalue weighted by molar-refractivity contribution is 5.89. The van der Waals surface area contributed by atoms with Crippen LogP contribution in [0.15, 0.2) is 54.6 Å². The molecule has 7 nitrogen and oxygen atoms in total. The number of anilines is 1. The molecular weight excluding hydrogens is 389 g/mol. The second-order valence-electron chi connectivity index (χ2n) is 7.24. The topological polar surface area (TPSA) is 99.7 Å². The number of carbonyl (C=O) groups is 2. The molecule has 1 aliphatic rings. The summed E-state index contributed by atoms with van der Waals surface area (Å²) >= 11 is 0. The zero-order valence-electron chi connectivity index (χ0n) is 16.5.